The molecule has 23 heavy (non-hydrogen) atoms. The van der Waals surface area contributed by atoms with Gasteiger partial charge in [0.1, 0.15) is 6.54 Å². The summed E-state index contributed by atoms with van der Waals surface area (Å²) >= 11 is 0. The summed E-state index contributed by atoms with van der Waals surface area (Å²) in [4.78, 5) is 15.0. The quantitative estimate of drug-likeness (QED) is 0.881. The molecule has 2 N–H and O–H groups in total. The molecule has 1 atom stereocenters. The molecule has 8 heteroatoms. The van der Waals surface area contributed by atoms with Crippen molar-refractivity contribution in [1.82, 2.24) is 15.1 Å². The third kappa shape index (κ3) is 5.72. The molecular formula is C15H20F3N3O2. The fourth-order valence-corrected chi connectivity index (χ4v) is 2.45. The molecule has 0 unspecified atom stereocenters. The lowest BCUT2D eigenvalue weighted by atomic mass is 10.1. The number of carbonyl (C=O) groups is 1. The van der Waals surface area contributed by atoms with Gasteiger partial charge in [-0.2, -0.15) is 13.2 Å². The van der Waals surface area contributed by atoms with E-state index in [4.69, 9.17) is 0 Å². The second kappa shape index (κ2) is 7.65. The molecule has 2 rings (SSSR count). The first-order chi connectivity index (χ1) is 10.8. The minimum absolute atomic E-state index is 0.338. The van der Waals surface area contributed by atoms with Crippen LogP contribution in [0.1, 0.15) is 11.7 Å². The Labute approximate surface area is 132 Å². The molecule has 1 heterocycles. The van der Waals surface area contributed by atoms with Gasteiger partial charge in [0.05, 0.1) is 6.10 Å². The largest absolute Gasteiger partial charge is 0.405 e. The number of aliphatic hydroxyl groups is 1. The van der Waals surface area contributed by atoms with E-state index in [1.807, 2.05) is 40.5 Å². The lowest BCUT2D eigenvalue weighted by Crippen LogP contribution is -2.53. The first-order valence-corrected chi connectivity index (χ1v) is 7.40. The molecular weight excluding hydrogens is 311 g/mol. The standard InChI is InChI=1S/C15H20F3N3O2/c16-15(17,18)11-19-14(23)21-8-6-20(7-9-21)10-13(22)12-4-2-1-3-5-12/h1-5,13,22H,6-11H2,(H,19,23)/t13-/m1/s1. The van der Waals surface area contributed by atoms with Crippen LogP contribution in [-0.4, -0.2) is 66.4 Å². The second-order valence-electron chi connectivity index (χ2n) is 5.49. The van der Waals surface area contributed by atoms with Gasteiger partial charge in [-0.3, -0.25) is 4.90 Å². The predicted octanol–water partition coefficient (Wildman–Crippen LogP) is 1.61. The third-order valence-electron chi connectivity index (χ3n) is 3.72. The summed E-state index contributed by atoms with van der Waals surface area (Å²) in [5, 5.41) is 12.0. The van der Waals surface area contributed by atoms with Crippen LogP contribution in [0.3, 0.4) is 0 Å². The van der Waals surface area contributed by atoms with E-state index in [0.717, 1.165) is 5.56 Å². The van der Waals surface area contributed by atoms with Gasteiger partial charge in [0.25, 0.3) is 0 Å². The third-order valence-corrected chi connectivity index (χ3v) is 3.72. The number of alkyl halides is 3. The number of amides is 2. The molecule has 128 valence electrons. The Kier molecular flexibility index (Phi) is 5.84. The van der Waals surface area contributed by atoms with Gasteiger partial charge in [0, 0.05) is 32.7 Å². The van der Waals surface area contributed by atoms with Crippen molar-refractivity contribution in [1.29, 1.82) is 0 Å². The highest BCUT2D eigenvalue weighted by molar-refractivity contribution is 5.74. The van der Waals surface area contributed by atoms with Crippen LogP contribution >= 0.6 is 0 Å². The molecule has 1 aliphatic heterocycles. The van der Waals surface area contributed by atoms with Crippen molar-refractivity contribution in [2.75, 3.05) is 39.3 Å². The van der Waals surface area contributed by atoms with Gasteiger partial charge in [-0.25, -0.2) is 4.79 Å². The van der Waals surface area contributed by atoms with Gasteiger partial charge < -0.3 is 15.3 Å². The number of aliphatic hydroxyl groups excluding tert-OH is 1. The van der Waals surface area contributed by atoms with Crippen molar-refractivity contribution in [3.8, 4) is 0 Å². The Bertz CT molecular complexity index is 502. The minimum Gasteiger partial charge on any atom is -0.387 e. The lowest BCUT2D eigenvalue weighted by Gasteiger charge is -2.35. The van der Waals surface area contributed by atoms with E-state index in [2.05, 4.69) is 0 Å². The number of piperazine rings is 1. The average Bonchev–Trinajstić information content (AvgIpc) is 2.53. The SMILES string of the molecule is O=C(NCC(F)(F)F)N1CCN(C[C@@H](O)c2ccccc2)CC1. The molecule has 0 aromatic heterocycles. The summed E-state index contributed by atoms with van der Waals surface area (Å²) in [6.07, 6.45) is -5.03. The van der Waals surface area contributed by atoms with E-state index >= 15 is 0 Å². The summed E-state index contributed by atoms with van der Waals surface area (Å²) in [7, 11) is 0. The van der Waals surface area contributed by atoms with Gasteiger partial charge >= 0.3 is 12.2 Å². The highest BCUT2D eigenvalue weighted by Gasteiger charge is 2.30. The Balaban J connectivity index is 1.74. The Hall–Kier alpha value is -1.80. The normalized spacial score (nSPS) is 17.8. The topological polar surface area (TPSA) is 55.8 Å². The maximum atomic E-state index is 12.1. The number of carbonyl (C=O) groups excluding carboxylic acids is 1. The van der Waals surface area contributed by atoms with Crippen molar-refractivity contribution in [2.24, 2.45) is 0 Å². The van der Waals surface area contributed by atoms with Gasteiger partial charge in [0.15, 0.2) is 0 Å². The van der Waals surface area contributed by atoms with Crippen LogP contribution in [0, 0.1) is 0 Å². The molecule has 1 fully saturated rings. The number of hydrogen-bond acceptors (Lipinski definition) is 3. The molecule has 0 spiro atoms. The van der Waals surface area contributed by atoms with E-state index in [1.54, 1.807) is 0 Å². The maximum absolute atomic E-state index is 12.1. The number of urea groups is 1. The van der Waals surface area contributed by atoms with Crippen molar-refractivity contribution < 1.29 is 23.1 Å². The Morgan fingerprint density at radius 1 is 1.17 bits per heavy atom. The average molecular weight is 331 g/mol. The molecule has 0 aliphatic carbocycles. The van der Waals surface area contributed by atoms with Crippen LogP contribution in [0.5, 0.6) is 0 Å². The number of nitrogens with zero attached hydrogens (tertiary/aromatic N) is 2. The molecule has 0 radical (unpaired) electrons. The molecule has 0 bridgehead atoms. The van der Waals surface area contributed by atoms with Crippen molar-refractivity contribution in [3.05, 3.63) is 35.9 Å². The first-order valence-electron chi connectivity index (χ1n) is 7.40. The highest BCUT2D eigenvalue weighted by Crippen LogP contribution is 2.15. The van der Waals surface area contributed by atoms with E-state index in [-0.39, 0.29) is 0 Å². The smallest absolute Gasteiger partial charge is 0.387 e. The monoisotopic (exact) mass is 331 g/mol. The van der Waals surface area contributed by atoms with E-state index in [1.165, 1.54) is 4.90 Å². The maximum Gasteiger partial charge on any atom is 0.405 e. The molecule has 0 saturated carbocycles. The van der Waals surface area contributed by atoms with Crippen LogP contribution < -0.4 is 5.32 Å². The predicted molar refractivity (Wildman–Crippen MR) is 78.9 cm³/mol. The summed E-state index contributed by atoms with van der Waals surface area (Å²) < 4.78 is 36.2. The number of rotatable bonds is 4. The number of β-amino-alcohol motifs (C(OH)–C–C–N with tert-alkyl or cyclic N) is 1. The van der Waals surface area contributed by atoms with Crippen LogP contribution in [-0.2, 0) is 0 Å². The van der Waals surface area contributed by atoms with Crippen LogP contribution in [0.4, 0.5) is 18.0 Å². The van der Waals surface area contributed by atoms with Gasteiger partial charge in [-0.15, -0.1) is 0 Å². The van der Waals surface area contributed by atoms with Crippen LogP contribution in [0.15, 0.2) is 30.3 Å². The van der Waals surface area contributed by atoms with Crippen LogP contribution in [0.25, 0.3) is 0 Å². The van der Waals surface area contributed by atoms with E-state index in [9.17, 15) is 23.1 Å². The molecule has 1 aromatic rings. The van der Waals surface area contributed by atoms with Crippen molar-refractivity contribution in [2.45, 2.75) is 12.3 Å². The highest BCUT2D eigenvalue weighted by atomic mass is 19.4. The summed E-state index contributed by atoms with van der Waals surface area (Å²) in [5.41, 5.74) is 0.817. The van der Waals surface area contributed by atoms with Crippen molar-refractivity contribution >= 4 is 6.03 Å². The second-order valence-corrected chi connectivity index (χ2v) is 5.49. The Morgan fingerprint density at radius 2 is 1.78 bits per heavy atom. The zero-order chi connectivity index (χ0) is 16.9. The molecule has 2 amide bonds. The zero-order valence-corrected chi connectivity index (χ0v) is 12.6. The summed E-state index contributed by atoms with van der Waals surface area (Å²) in [6, 6.07) is 8.54. The van der Waals surface area contributed by atoms with Gasteiger partial charge in [-0.05, 0) is 5.56 Å². The molecule has 1 aliphatic rings. The molecule has 5 nitrogen and oxygen atoms in total. The van der Waals surface area contributed by atoms with Gasteiger partial charge in [-0.1, -0.05) is 30.3 Å². The lowest BCUT2D eigenvalue weighted by molar-refractivity contribution is -0.123. The van der Waals surface area contributed by atoms with E-state index < -0.39 is 24.9 Å². The van der Waals surface area contributed by atoms with Crippen LogP contribution in [0.2, 0.25) is 0 Å². The Morgan fingerprint density at radius 3 is 2.35 bits per heavy atom. The number of nitrogens with one attached hydrogen (secondary N) is 1. The minimum atomic E-state index is -4.41. The fraction of sp³-hybridized carbons (Fsp3) is 0.533. The zero-order valence-electron chi connectivity index (χ0n) is 12.6. The van der Waals surface area contributed by atoms with Crippen molar-refractivity contribution in [3.63, 3.8) is 0 Å². The molecule has 1 saturated heterocycles. The number of benzene rings is 1. The molecule has 1 aromatic carbocycles. The summed E-state index contributed by atoms with van der Waals surface area (Å²) in [6.45, 7) is 0.823. The van der Waals surface area contributed by atoms with Gasteiger partial charge in [0.2, 0.25) is 0 Å². The number of hydrogen-bond donors (Lipinski definition) is 2. The summed E-state index contributed by atoms with van der Waals surface area (Å²) in [5.74, 6) is 0. The first kappa shape index (κ1) is 17.6. The number of halogens is 3. The van der Waals surface area contributed by atoms with E-state index in [0.29, 0.717) is 32.7 Å². The fourth-order valence-electron chi connectivity index (χ4n) is 2.45.